The number of hydrazine groups is 1. The van der Waals surface area contributed by atoms with Gasteiger partial charge in [0.15, 0.2) is 5.58 Å². The summed E-state index contributed by atoms with van der Waals surface area (Å²) in [5.74, 6) is 0. The molecule has 1 aliphatic rings. The molecule has 0 unspecified atom stereocenters. The summed E-state index contributed by atoms with van der Waals surface area (Å²) in [6.07, 6.45) is 3.55. The van der Waals surface area contributed by atoms with Crippen molar-refractivity contribution in [2.45, 2.75) is 19.3 Å². The van der Waals surface area contributed by atoms with Crippen LogP contribution >= 0.6 is 0 Å². The number of non-ortho nitro benzene ring substituents is 1. The van der Waals surface area contributed by atoms with Crippen molar-refractivity contribution in [3.63, 3.8) is 0 Å². The lowest BCUT2D eigenvalue weighted by Crippen LogP contribution is -2.34. The predicted molar refractivity (Wildman–Crippen MR) is 69.7 cm³/mol. The molecule has 1 N–H and O–H groups in total. The number of nitro groups is 1. The van der Waals surface area contributed by atoms with Gasteiger partial charge in [-0.15, -0.1) is 0 Å². The first kappa shape index (κ1) is 11.9. The molecule has 1 aromatic carbocycles. The first-order chi connectivity index (χ1) is 9.22. The van der Waals surface area contributed by atoms with Crippen LogP contribution in [0, 0.1) is 10.1 Å². The van der Waals surface area contributed by atoms with E-state index < -0.39 is 4.92 Å². The Balaban J connectivity index is 1.82. The Bertz CT molecular complexity index is 604. The Morgan fingerprint density at radius 2 is 2.11 bits per heavy atom. The van der Waals surface area contributed by atoms with Crippen LogP contribution in [0.5, 0.6) is 0 Å². The second-order valence-electron chi connectivity index (χ2n) is 4.59. The quantitative estimate of drug-likeness (QED) is 0.676. The van der Waals surface area contributed by atoms with Gasteiger partial charge in [0.2, 0.25) is 0 Å². The van der Waals surface area contributed by atoms with E-state index >= 15 is 0 Å². The SMILES string of the molecule is O=[N+]([O-])c1ccc2oc(NN3CCCCC3)nc2c1. The molecule has 0 radical (unpaired) electrons. The number of oxazole rings is 1. The summed E-state index contributed by atoms with van der Waals surface area (Å²) in [6.45, 7) is 1.91. The molecule has 7 heteroatoms. The molecule has 2 aromatic rings. The lowest BCUT2D eigenvalue weighted by molar-refractivity contribution is -0.384. The highest BCUT2D eigenvalue weighted by Crippen LogP contribution is 2.24. The van der Waals surface area contributed by atoms with Gasteiger partial charge in [0.1, 0.15) is 5.52 Å². The zero-order chi connectivity index (χ0) is 13.2. The van der Waals surface area contributed by atoms with E-state index in [1.54, 1.807) is 6.07 Å². The van der Waals surface area contributed by atoms with Crippen molar-refractivity contribution in [2.75, 3.05) is 18.5 Å². The predicted octanol–water partition coefficient (Wildman–Crippen LogP) is 2.55. The van der Waals surface area contributed by atoms with Crippen molar-refractivity contribution < 1.29 is 9.34 Å². The minimum Gasteiger partial charge on any atom is -0.423 e. The fourth-order valence-corrected chi connectivity index (χ4v) is 2.22. The molecule has 1 aromatic heterocycles. The van der Waals surface area contributed by atoms with Gasteiger partial charge in [0.25, 0.3) is 5.69 Å². The second kappa shape index (κ2) is 4.85. The van der Waals surface area contributed by atoms with E-state index in [4.69, 9.17) is 4.42 Å². The number of aromatic nitrogens is 1. The number of hydrogen-bond acceptors (Lipinski definition) is 6. The number of rotatable bonds is 3. The summed E-state index contributed by atoms with van der Waals surface area (Å²) < 4.78 is 5.52. The Hall–Kier alpha value is -2.15. The van der Waals surface area contributed by atoms with E-state index in [9.17, 15) is 10.1 Å². The monoisotopic (exact) mass is 262 g/mol. The van der Waals surface area contributed by atoms with Crippen LogP contribution in [-0.4, -0.2) is 28.0 Å². The van der Waals surface area contributed by atoms with Gasteiger partial charge in [-0.3, -0.25) is 15.5 Å². The molecule has 19 heavy (non-hydrogen) atoms. The lowest BCUT2D eigenvalue weighted by Gasteiger charge is -2.25. The summed E-state index contributed by atoms with van der Waals surface area (Å²) >= 11 is 0. The van der Waals surface area contributed by atoms with Crippen molar-refractivity contribution in [2.24, 2.45) is 0 Å². The first-order valence-electron chi connectivity index (χ1n) is 6.29. The largest absolute Gasteiger partial charge is 0.423 e. The molecule has 2 heterocycles. The molecular formula is C12H14N4O3. The minimum absolute atomic E-state index is 0.0188. The summed E-state index contributed by atoms with van der Waals surface area (Å²) in [7, 11) is 0. The summed E-state index contributed by atoms with van der Waals surface area (Å²) in [4.78, 5) is 14.5. The number of anilines is 1. The van der Waals surface area contributed by atoms with E-state index in [2.05, 4.69) is 15.4 Å². The van der Waals surface area contributed by atoms with Crippen LogP contribution in [0.1, 0.15) is 19.3 Å². The normalized spacial score (nSPS) is 16.6. The third kappa shape index (κ3) is 2.50. The molecule has 1 fully saturated rings. The smallest absolute Gasteiger partial charge is 0.310 e. The number of fused-ring (bicyclic) bond motifs is 1. The molecule has 1 aliphatic heterocycles. The highest BCUT2D eigenvalue weighted by Gasteiger charge is 2.15. The van der Waals surface area contributed by atoms with E-state index in [-0.39, 0.29) is 5.69 Å². The van der Waals surface area contributed by atoms with Gasteiger partial charge < -0.3 is 4.42 Å². The molecule has 0 atom stereocenters. The Kier molecular flexibility index (Phi) is 3.04. The van der Waals surface area contributed by atoms with Crippen molar-refractivity contribution >= 4 is 22.8 Å². The summed E-state index contributed by atoms with van der Waals surface area (Å²) in [5, 5.41) is 12.7. The van der Waals surface area contributed by atoms with Gasteiger partial charge in [0, 0.05) is 25.2 Å². The van der Waals surface area contributed by atoms with Gasteiger partial charge in [-0.25, -0.2) is 5.01 Å². The van der Waals surface area contributed by atoms with Gasteiger partial charge in [-0.05, 0) is 18.9 Å². The van der Waals surface area contributed by atoms with E-state index in [0.717, 1.165) is 25.9 Å². The standard InChI is InChI=1S/C12H14N4O3/c17-16(18)9-4-5-11-10(8-9)13-12(19-11)14-15-6-2-1-3-7-15/h4-5,8H,1-3,6-7H2,(H,13,14). The third-order valence-corrected chi connectivity index (χ3v) is 3.19. The fraction of sp³-hybridized carbons (Fsp3) is 0.417. The highest BCUT2D eigenvalue weighted by molar-refractivity contribution is 5.77. The van der Waals surface area contributed by atoms with Crippen molar-refractivity contribution in [3.8, 4) is 0 Å². The molecule has 0 amide bonds. The van der Waals surface area contributed by atoms with E-state index in [1.165, 1.54) is 18.6 Å². The highest BCUT2D eigenvalue weighted by atomic mass is 16.6. The van der Waals surface area contributed by atoms with Crippen LogP contribution in [0.4, 0.5) is 11.7 Å². The maximum atomic E-state index is 10.7. The van der Waals surface area contributed by atoms with E-state index in [1.807, 2.05) is 0 Å². The molecule has 7 nitrogen and oxygen atoms in total. The maximum Gasteiger partial charge on any atom is 0.310 e. The fourth-order valence-electron chi connectivity index (χ4n) is 2.22. The van der Waals surface area contributed by atoms with Gasteiger partial charge in [-0.1, -0.05) is 6.42 Å². The summed E-state index contributed by atoms with van der Waals surface area (Å²) in [6, 6.07) is 4.79. The molecule has 3 rings (SSSR count). The Morgan fingerprint density at radius 3 is 2.84 bits per heavy atom. The molecule has 0 spiro atoms. The number of nitro benzene ring substituents is 1. The number of piperidine rings is 1. The Labute approximate surface area is 109 Å². The molecular weight excluding hydrogens is 248 g/mol. The minimum atomic E-state index is -0.439. The maximum absolute atomic E-state index is 10.7. The number of nitrogens with zero attached hydrogens (tertiary/aromatic N) is 3. The Morgan fingerprint density at radius 1 is 1.32 bits per heavy atom. The molecule has 1 saturated heterocycles. The van der Waals surface area contributed by atoms with Crippen LogP contribution in [0.15, 0.2) is 22.6 Å². The lowest BCUT2D eigenvalue weighted by atomic mass is 10.2. The zero-order valence-corrected chi connectivity index (χ0v) is 10.3. The van der Waals surface area contributed by atoms with Crippen LogP contribution in [0.2, 0.25) is 0 Å². The van der Waals surface area contributed by atoms with Crippen molar-refractivity contribution in [3.05, 3.63) is 28.3 Å². The topological polar surface area (TPSA) is 84.4 Å². The summed E-state index contributed by atoms with van der Waals surface area (Å²) in [5.41, 5.74) is 4.16. The molecule has 0 saturated carbocycles. The average molecular weight is 262 g/mol. The van der Waals surface area contributed by atoms with Crippen LogP contribution in [0.3, 0.4) is 0 Å². The second-order valence-corrected chi connectivity index (χ2v) is 4.59. The first-order valence-corrected chi connectivity index (χ1v) is 6.29. The number of nitrogens with one attached hydrogen (secondary N) is 1. The number of benzene rings is 1. The van der Waals surface area contributed by atoms with Crippen molar-refractivity contribution in [1.82, 2.24) is 9.99 Å². The van der Waals surface area contributed by atoms with Crippen LogP contribution < -0.4 is 5.43 Å². The van der Waals surface area contributed by atoms with Crippen LogP contribution in [-0.2, 0) is 0 Å². The number of hydrogen-bond donors (Lipinski definition) is 1. The molecule has 100 valence electrons. The van der Waals surface area contributed by atoms with Crippen molar-refractivity contribution in [1.29, 1.82) is 0 Å². The van der Waals surface area contributed by atoms with Gasteiger partial charge in [-0.2, -0.15) is 4.98 Å². The third-order valence-electron chi connectivity index (χ3n) is 3.19. The average Bonchev–Trinajstić information content (AvgIpc) is 2.80. The molecule has 0 aliphatic carbocycles. The van der Waals surface area contributed by atoms with Gasteiger partial charge >= 0.3 is 6.01 Å². The molecule has 0 bridgehead atoms. The van der Waals surface area contributed by atoms with Gasteiger partial charge in [0.05, 0.1) is 4.92 Å². The zero-order valence-electron chi connectivity index (χ0n) is 10.3. The van der Waals surface area contributed by atoms with E-state index in [0.29, 0.717) is 17.1 Å². The van der Waals surface area contributed by atoms with Crippen LogP contribution in [0.25, 0.3) is 11.1 Å².